The first kappa shape index (κ1) is 16.7. The van der Waals surface area contributed by atoms with Crippen molar-refractivity contribution in [2.24, 2.45) is 0 Å². The van der Waals surface area contributed by atoms with E-state index in [0.29, 0.717) is 5.25 Å². The van der Waals surface area contributed by atoms with Gasteiger partial charge in [0.05, 0.1) is 0 Å². The summed E-state index contributed by atoms with van der Waals surface area (Å²) in [4.78, 5) is 1.98. The number of hydrogen-bond acceptors (Lipinski definition) is 7. The molecule has 1 N–H and O–H groups in total. The Balaban J connectivity index is 2.14. The Morgan fingerprint density at radius 1 is 1.42 bits per heavy atom. The molecule has 0 saturated heterocycles. The molecule has 0 aliphatic rings. The smallest absolute Gasteiger partial charge is 0.208 e. The first-order valence-electron chi connectivity index (χ1n) is 6.59. The third-order valence-electron chi connectivity index (χ3n) is 2.36. The van der Waals surface area contributed by atoms with E-state index in [0.717, 1.165) is 42.2 Å². The maximum Gasteiger partial charge on any atom is 0.208 e. The highest BCUT2D eigenvalue weighted by Gasteiger charge is 2.10. The summed E-state index contributed by atoms with van der Waals surface area (Å²) in [5.74, 6) is 0. The van der Waals surface area contributed by atoms with E-state index in [4.69, 9.17) is 4.74 Å². The van der Waals surface area contributed by atoms with Gasteiger partial charge < -0.3 is 15.0 Å². The van der Waals surface area contributed by atoms with E-state index in [1.54, 1.807) is 23.1 Å². The van der Waals surface area contributed by atoms with E-state index in [1.807, 2.05) is 25.9 Å². The number of aromatic nitrogens is 2. The lowest BCUT2D eigenvalue weighted by atomic mass is 10.4. The maximum atomic E-state index is 5.29. The molecule has 0 aliphatic heterocycles. The number of hydrogen-bond donors (Lipinski definition) is 1. The number of anilines is 1. The molecule has 1 atom stereocenters. The fraction of sp³-hybridized carbons (Fsp3) is 0.833. The molecule has 0 radical (unpaired) electrons. The molecule has 0 aromatic carbocycles. The fourth-order valence-corrected chi connectivity index (χ4v) is 3.44. The Bertz CT molecular complexity index is 346. The van der Waals surface area contributed by atoms with Crippen LogP contribution in [0.25, 0.3) is 0 Å². The van der Waals surface area contributed by atoms with Crippen molar-refractivity contribution in [2.45, 2.75) is 29.9 Å². The number of rotatable bonds is 10. The largest absolute Gasteiger partial charge is 0.382 e. The van der Waals surface area contributed by atoms with Crippen molar-refractivity contribution in [3.63, 3.8) is 0 Å². The number of thioether (sulfide) groups is 1. The first-order chi connectivity index (χ1) is 9.13. The molecule has 5 nitrogen and oxygen atoms in total. The van der Waals surface area contributed by atoms with Gasteiger partial charge in [-0.25, -0.2) is 0 Å². The molecule has 1 heterocycles. The Morgan fingerprint density at radius 2 is 2.21 bits per heavy atom. The van der Waals surface area contributed by atoms with E-state index < -0.39 is 0 Å². The summed E-state index contributed by atoms with van der Waals surface area (Å²) in [6.45, 7) is 7.86. The van der Waals surface area contributed by atoms with Crippen molar-refractivity contribution in [1.29, 1.82) is 0 Å². The molecule has 0 saturated carbocycles. The summed E-state index contributed by atoms with van der Waals surface area (Å²) >= 11 is 3.41. The lowest BCUT2D eigenvalue weighted by Crippen LogP contribution is -2.24. The Kier molecular flexibility index (Phi) is 8.36. The zero-order valence-electron chi connectivity index (χ0n) is 12.2. The lowest BCUT2D eigenvalue weighted by molar-refractivity contribution is 0.145. The maximum absolute atomic E-state index is 5.29. The van der Waals surface area contributed by atoms with Gasteiger partial charge in [0.15, 0.2) is 4.34 Å². The van der Waals surface area contributed by atoms with Crippen LogP contribution in [0.2, 0.25) is 0 Å². The summed E-state index contributed by atoms with van der Waals surface area (Å²) in [5, 5.41) is 13.2. The number of nitrogens with one attached hydrogen (secondary N) is 1. The van der Waals surface area contributed by atoms with Crippen molar-refractivity contribution in [2.75, 3.05) is 45.3 Å². The zero-order chi connectivity index (χ0) is 14.1. The monoisotopic (exact) mass is 304 g/mol. The number of ether oxygens (including phenoxy) is 1. The van der Waals surface area contributed by atoms with Crippen LogP contribution in [0.5, 0.6) is 0 Å². The molecule has 0 bridgehead atoms. The Hall–Kier alpha value is -0.370. The molecule has 1 rings (SSSR count). The average molecular weight is 304 g/mol. The van der Waals surface area contributed by atoms with Crippen molar-refractivity contribution in [1.82, 2.24) is 15.5 Å². The third-order valence-corrected chi connectivity index (χ3v) is 4.64. The second kappa shape index (κ2) is 9.52. The normalized spacial score (nSPS) is 12.6. The molecule has 1 aromatic rings. The van der Waals surface area contributed by atoms with Gasteiger partial charge in [-0.3, -0.25) is 0 Å². The minimum atomic E-state index is 0.495. The van der Waals surface area contributed by atoms with Crippen LogP contribution in [-0.2, 0) is 4.74 Å². The molecular weight excluding hydrogens is 280 g/mol. The molecule has 110 valence electrons. The highest BCUT2D eigenvalue weighted by molar-refractivity contribution is 8.01. The summed E-state index contributed by atoms with van der Waals surface area (Å²) < 4.78 is 6.33. The molecule has 0 amide bonds. The van der Waals surface area contributed by atoms with Crippen molar-refractivity contribution < 1.29 is 4.74 Å². The molecule has 0 spiro atoms. The molecule has 1 aromatic heterocycles. The quantitative estimate of drug-likeness (QED) is 0.528. The second-order valence-electron chi connectivity index (χ2n) is 4.43. The zero-order valence-corrected chi connectivity index (χ0v) is 13.8. The van der Waals surface area contributed by atoms with Crippen LogP contribution >= 0.6 is 23.1 Å². The lowest BCUT2D eigenvalue weighted by Gasteiger charge is -2.10. The summed E-state index contributed by atoms with van der Waals surface area (Å²) in [6.07, 6.45) is 1.06. The molecule has 7 heteroatoms. The van der Waals surface area contributed by atoms with Gasteiger partial charge in [0, 0.05) is 39.1 Å². The predicted molar refractivity (Wildman–Crippen MR) is 83.5 cm³/mol. The van der Waals surface area contributed by atoms with Gasteiger partial charge in [-0.05, 0) is 19.9 Å². The van der Waals surface area contributed by atoms with Crippen LogP contribution in [0.1, 0.15) is 20.3 Å². The van der Waals surface area contributed by atoms with E-state index in [9.17, 15) is 0 Å². The van der Waals surface area contributed by atoms with Gasteiger partial charge in [-0.15, -0.1) is 10.2 Å². The summed E-state index contributed by atoms with van der Waals surface area (Å²) in [6, 6.07) is 0. The van der Waals surface area contributed by atoms with E-state index in [1.165, 1.54) is 0 Å². The van der Waals surface area contributed by atoms with E-state index in [2.05, 4.69) is 22.4 Å². The second-order valence-corrected chi connectivity index (χ2v) is 7.07. The van der Waals surface area contributed by atoms with Crippen LogP contribution in [0, 0.1) is 0 Å². The van der Waals surface area contributed by atoms with Crippen LogP contribution in [0.15, 0.2) is 4.34 Å². The predicted octanol–water partition coefficient (Wildman–Crippen LogP) is 2.10. The SMILES string of the molecule is CCOCCCNCC(C)Sc1nnc(N(C)C)s1. The van der Waals surface area contributed by atoms with Crippen molar-refractivity contribution >= 4 is 28.2 Å². The fourth-order valence-electron chi connectivity index (χ4n) is 1.39. The van der Waals surface area contributed by atoms with Gasteiger partial charge in [-0.1, -0.05) is 30.0 Å². The summed E-state index contributed by atoms with van der Waals surface area (Å²) in [5.41, 5.74) is 0. The Labute approximate surface area is 124 Å². The van der Waals surface area contributed by atoms with Gasteiger partial charge in [0.2, 0.25) is 5.13 Å². The van der Waals surface area contributed by atoms with E-state index >= 15 is 0 Å². The minimum Gasteiger partial charge on any atom is -0.382 e. The standard InChI is InChI=1S/C12H24N4OS2/c1-5-17-8-6-7-13-9-10(2)18-12-15-14-11(19-12)16(3)4/h10,13H,5-9H2,1-4H3. The van der Waals surface area contributed by atoms with E-state index in [-0.39, 0.29) is 0 Å². The van der Waals surface area contributed by atoms with Crippen molar-refractivity contribution in [3.05, 3.63) is 0 Å². The highest BCUT2D eigenvalue weighted by Crippen LogP contribution is 2.29. The molecule has 1 unspecified atom stereocenters. The third kappa shape index (κ3) is 7.10. The van der Waals surface area contributed by atoms with Crippen LogP contribution in [0.4, 0.5) is 5.13 Å². The van der Waals surface area contributed by atoms with Crippen LogP contribution in [0.3, 0.4) is 0 Å². The van der Waals surface area contributed by atoms with Crippen LogP contribution < -0.4 is 10.2 Å². The van der Waals surface area contributed by atoms with Gasteiger partial charge in [-0.2, -0.15) is 0 Å². The first-order valence-corrected chi connectivity index (χ1v) is 8.29. The van der Waals surface area contributed by atoms with Crippen LogP contribution in [-0.4, -0.2) is 55.8 Å². The van der Waals surface area contributed by atoms with Gasteiger partial charge in [0.1, 0.15) is 0 Å². The topological polar surface area (TPSA) is 50.3 Å². The Morgan fingerprint density at radius 3 is 2.84 bits per heavy atom. The molecular formula is C12H24N4OS2. The van der Waals surface area contributed by atoms with Crippen molar-refractivity contribution in [3.8, 4) is 0 Å². The average Bonchev–Trinajstić information content (AvgIpc) is 2.82. The summed E-state index contributed by atoms with van der Waals surface area (Å²) in [7, 11) is 3.97. The minimum absolute atomic E-state index is 0.495. The van der Waals surface area contributed by atoms with Gasteiger partial charge >= 0.3 is 0 Å². The van der Waals surface area contributed by atoms with Gasteiger partial charge in [0.25, 0.3) is 0 Å². The molecule has 0 aliphatic carbocycles. The molecule has 0 fully saturated rings. The number of nitrogens with zero attached hydrogens (tertiary/aromatic N) is 3. The molecule has 19 heavy (non-hydrogen) atoms. The highest BCUT2D eigenvalue weighted by atomic mass is 32.2.